The van der Waals surface area contributed by atoms with Crippen molar-refractivity contribution in [2.24, 2.45) is 0 Å². The second-order valence-corrected chi connectivity index (χ2v) is 5.24. The van der Waals surface area contributed by atoms with Crippen LogP contribution < -0.4 is 5.69 Å². The topological polar surface area (TPSA) is 41.0 Å². The van der Waals surface area contributed by atoms with Crippen LogP contribution in [0.4, 0.5) is 8.78 Å². The van der Waals surface area contributed by atoms with Crippen molar-refractivity contribution in [2.75, 3.05) is 20.6 Å². The van der Waals surface area contributed by atoms with E-state index in [-0.39, 0.29) is 11.7 Å². The van der Waals surface area contributed by atoms with Gasteiger partial charge in [0.15, 0.2) is 11.6 Å². The highest BCUT2D eigenvalue weighted by Crippen LogP contribution is 2.22. The first kappa shape index (κ1) is 14.7. The first-order valence-corrected chi connectivity index (χ1v) is 6.68. The van der Waals surface area contributed by atoms with Crippen molar-refractivity contribution in [1.29, 1.82) is 0 Å². The first-order valence-electron chi connectivity index (χ1n) is 6.68. The van der Waals surface area contributed by atoms with Gasteiger partial charge in [-0.25, -0.2) is 13.6 Å². The van der Waals surface area contributed by atoms with Gasteiger partial charge in [0, 0.05) is 18.2 Å². The zero-order valence-corrected chi connectivity index (χ0v) is 11.9. The van der Waals surface area contributed by atoms with E-state index >= 15 is 0 Å². The number of aromatic nitrogens is 2. The minimum Gasteiger partial charge on any atom is -0.309 e. The summed E-state index contributed by atoms with van der Waals surface area (Å²) in [6, 6.07) is 2.07. The third-order valence-corrected chi connectivity index (χ3v) is 3.50. The van der Waals surface area contributed by atoms with Gasteiger partial charge in [-0.3, -0.25) is 4.57 Å². The second kappa shape index (κ2) is 5.75. The number of halogens is 2. The summed E-state index contributed by atoms with van der Waals surface area (Å²) in [7, 11) is 3.92. The highest BCUT2D eigenvalue weighted by Gasteiger charge is 2.17. The van der Waals surface area contributed by atoms with Crippen LogP contribution in [-0.4, -0.2) is 35.1 Å². The van der Waals surface area contributed by atoms with Gasteiger partial charge in [-0.1, -0.05) is 6.92 Å². The minimum absolute atomic E-state index is 0.0384. The van der Waals surface area contributed by atoms with Crippen LogP contribution in [0.15, 0.2) is 16.9 Å². The molecule has 4 nitrogen and oxygen atoms in total. The van der Waals surface area contributed by atoms with Crippen molar-refractivity contribution < 1.29 is 8.78 Å². The maximum atomic E-state index is 13.4. The van der Waals surface area contributed by atoms with Gasteiger partial charge in [-0.15, -0.1) is 0 Å². The quantitative estimate of drug-likeness (QED) is 0.916. The van der Waals surface area contributed by atoms with E-state index in [1.807, 2.05) is 25.9 Å². The fraction of sp³-hybridized carbons (Fsp3) is 0.500. The Labute approximate surface area is 116 Å². The molecular formula is C14H19F2N3O. The zero-order valence-electron chi connectivity index (χ0n) is 11.9. The summed E-state index contributed by atoms with van der Waals surface area (Å²) in [6.07, 6.45) is 1.52. The molecule has 0 radical (unpaired) electrons. The number of fused-ring (bicyclic) bond motifs is 1. The third-order valence-electron chi connectivity index (χ3n) is 3.50. The second-order valence-electron chi connectivity index (χ2n) is 5.24. The van der Waals surface area contributed by atoms with Crippen LogP contribution in [0.25, 0.3) is 11.0 Å². The molecule has 0 saturated heterocycles. The normalized spacial score (nSPS) is 13.3. The molecule has 0 saturated carbocycles. The monoisotopic (exact) mass is 283 g/mol. The Morgan fingerprint density at radius 1 is 1.30 bits per heavy atom. The van der Waals surface area contributed by atoms with Crippen molar-refractivity contribution >= 4 is 11.0 Å². The Morgan fingerprint density at radius 3 is 2.55 bits per heavy atom. The average Bonchev–Trinajstić information content (AvgIpc) is 2.67. The standard InChI is InChI=1S/C14H19F2N3O/c1-4-9(5-6-18(2)3)19-13-8-11(16)10(15)7-12(13)17-14(19)20/h7-9H,4-6H2,1-3H3,(H,17,20). The van der Waals surface area contributed by atoms with Gasteiger partial charge >= 0.3 is 5.69 Å². The summed E-state index contributed by atoms with van der Waals surface area (Å²) < 4.78 is 28.1. The van der Waals surface area contributed by atoms with E-state index in [0.29, 0.717) is 11.0 Å². The van der Waals surface area contributed by atoms with Crippen LogP contribution in [0.1, 0.15) is 25.8 Å². The Balaban J connectivity index is 2.49. The Morgan fingerprint density at radius 2 is 1.95 bits per heavy atom. The van der Waals surface area contributed by atoms with E-state index < -0.39 is 11.6 Å². The smallest absolute Gasteiger partial charge is 0.309 e. The van der Waals surface area contributed by atoms with E-state index in [1.165, 1.54) is 4.57 Å². The van der Waals surface area contributed by atoms with Crippen LogP contribution in [-0.2, 0) is 0 Å². The van der Waals surface area contributed by atoms with Gasteiger partial charge in [0.2, 0.25) is 0 Å². The largest absolute Gasteiger partial charge is 0.326 e. The van der Waals surface area contributed by atoms with Crippen molar-refractivity contribution in [1.82, 2.24) is 14.5 Å². The molecule has 0 spiro atoms. The van der Waals surface area contributed by atoms with Crippen molar-refractivity contribution in [3.05, 3.63) is 34.3 Å². The summed E-state index contributed by atoms with van der Waals surface area (Å²) in [5.74, 6) is -1.89. The predicted octanol–water partition coefficient (Wildman–Crippen LogP) is 2.51. The highest BCUT2D eigenvalue weighted by molar-refractivity contribution is 5.75. The lowest BCUT2D eigenvalue weighted by molar-refractivity contribution is 0.342. The van der Waals surface area contributed by atoms with Gasteiger partial charge in [-0.05, 0) is 33.5 Å². The van der Waals surface area contributed by atoms with Crippen LogP contribution in [0.2, 0.25) is 0 Å². The zero-order chi connectivity index (χ0) is 14.9. The van der Waals surface area contributed by atoms with Crippen LogP contribution in [0.5, 0.6) is 0 Å². The molecular weight excluding hydrogens is 264 g/mol. The van der Waals surface area contributed by atoms with E-state index in [9.17, 15) is 13.6 Å². The molecule has 1 aromatic heterocycles. The maximum absolute atomic E-state index is 13.4. The van der Waals surface area contributed by atoms with E-state index in [4.69, 9.17) is 0 Å². The van der Waals surface area contributed by atoms with Gasteiger partial charge in [0.1, 0.15) is 0 Å². The van der Waals surface area contributed by atoms with Gasteiger partial charge in [-0.2, -0.15) is 0 Å². The number of hydrogen-bond acceptors (Lipinski definition) is 2. The Kier molecular flexibility index (Phi) is 4.23. The summed E-state index contributed by atoms with van der Waals surface area (Å²) in [5.41, 5.74) is 0.423. The predicted molar refractivity (Wildman–Crippen MR) is 75.0 cm³/mol. The lowest BCUT2D eigenvalue weighted by Crippen LogP contribution is -2.25. The summed E-state index contributed by atoms with van der Waals surface area (Å²) in [5, 5.41) is 0. The third kappa shape index (κ3) is 2.75. The molecule has 20 heavy (non-hydrogen) atoms. The number of imidazole rings is 1. The molecule has 110 valence electrons. The molecule has 0 amide bonds. The molecule has 0 fully saturated rings. The summed E-state index contributed by atoms with van der Waals surface area (Å²) >= 11 is 0. The van der Waals surface area contributed by atoms with Gasteiger partial charge < -0.3 is 9.88 Å². The van der Waals surface area contributed by atoms with Gasteiger partial charge in [0.05, 0.1) is 11.0 Å². The lowest BCUT2D eigenvalue weighted by Gasteiger charge is -2.19. The Bertz CT molecular complexity index is 660. The summed E-state index contributed by atoms with van der Waals surface area (Å²) in [6.45, 7) is 2.80. The molecule has 0 aliphatic carbocycles. The Hall–Kier alpha value is -1.69. The molecule has 0 aliphatic heterocycles. The first-order chi connectivity index (χ1) is 9.43. The number of hydrogen-bond donors (Lipinski definition) is 1. The van der Waals surface area contributed by atoms with E-state index in [0.717, 1.165) is 31.5 Å². The van der Waals surface area contributed by atoms with E-state index in [1.54, 1.807) is 0 Å². The molecule has 6 heteroatoms. The van der Waals surface area contributed by atoms with Crippen LogP contribution in [0, 0.1) is 11.6 Å². The van der Waals surface area contributed by atoms with Crippen molar-refractivity contribution in [3.63, 3.8) is 0 Å². The number of benzene rings is 1. The molecule has 0 bridgehead atoms. The summed E-state index contributed by atoms with van der Waals surface area (Å²) in [4.78, 5) is 16.7. The van der Waals surface area contributed by atoms with Crippen molar-refractivity contribution in [2.45, 2.75) is 25.8 Å². The average molecular weight is 283 g/mol. The molecule has 1 atom stereocenters. The van der Waals surface area contributed by atoms with E-state index in [2.05, 4.69) is 4.98 Å². The number of H-pyrrole nitrogens is 1. The molecule has 2 rings (SSSR count). The molecule has 1 aromatic carbocycles. The lowest BCUT2D eigenvalue weighted by atomic mass is 10.1. The fourth-order valence-electron chi connectivity index (χ4n) is 2.41. The highest BCUT2D eigenvalue weighted by atomic mass is 19.2. The number of nitrogens with zero attached hydrogens (tertiary/aromatic N) is 2. The van der Waals surface area contributed by atoms with Crippen LogP contribution in [0.3, 0.4) is 0 Å². The molecule has 2 aromatic rings. The minimum atomic E-state index is -0.952. The fourth-order valence-corrected chi connectivity index (χ4v) is 2.41. The number of rotatable bonds is 5. The molecule has 1 N–H and O–H groups in total. The maximum Gasteiger partial charge on any atom is 0.326 e. The molecule has 1 heterocycles. The number of aromatic amines is 1. The molecule has 1 unspecified atom stereocenters. The number of nitrogens with one attached hydrogen (secondary N) is 1. The molecule has 0 aliphatic rings. The van der Waals surface area contributed by atoms with Gasteiger partial charge in [0.25, 0.3) is 0 Å². The van der Waals surface area contributed by atoms with Crippen molar-refractivity contribution in [3.8, 4) is 0 Å². The van der Waals surface area contributed by atoms with Crippen LogP contribution >= 0.6 is 0 Å². The SMILES string of the molecule is CCC(CCN(C)C)n1c(=O)[nH]c2cc(F)c(F)cc21.